The number of amides is 4. The number of alkyl halides is 3. The van der Waals surface area contributed by atoms with Crippen LogP contribution < -0.4 is 21.3 Å². The molecule has 0 saturated heterocycles. The summed E-state index contributed by atoms with van der Waals surface area (Å²) in [7, 11) is 0. The summed E-state index contributed by atoms with van der Waals surface area (Å²) in [6.07, 6.45) is -4.75. The fourth-order valence-electron chi connectivity index (χ4n) is 1.96. The van der Waals surface area contributed by atoms with E-state index in [1.54, 1.807) is 20.8 Å². The molecule has 1 aromatic carbocycles. The maximum Gasteiger partial charge on any atom is 0.418 e. The topological polar surface area (TPSA) is 99.3 Å². The molecule has 7 nitrogen and oxygen atoms in total. The molecule has 0 radical (unpaired) electrons. The molecule has 0 aliphatic carbocycles. The molecule has 0 aromatic heterocycles. The number of hydrogen-bond acceptors (Lipinski definition) is 3. The van der Waals surface area contributed by atoms with Crippen LogP contribution in [0.2, 0.25) is 0 Å². The summed E-state index contributed by atoms with van der Waals surface area (Å²) in [5.41, 5.74) is -2.18. The minimum atomic E-state index is -4.75. The van der Waals surface area contributed by atoms with Gasteiger partial charge in [-0.25, -0.2) is 4.79 Å². The lowest BCUT2D eigenvalue weighted by molar-refractivity contribution is -0.137. The summed E-state index contributed by atoms with van der Waals surface area (Å²) in [6.45, 7) is 6.01. The van der Waals surface area contributed by atoms with Gasteiger partial charge in [0.2, 0.25) is 11.8 Å². The Bertz CT molecular complexity index is 697. The predicted octanol–water partition coefficient (Wildman–Crippen LogP) is 2.70. The molecule has 0 atom stereocenters. The van der Waals surface area contributed by atoms with Crippen molar-refractivity contribution in [3.05, 3.63) is 23.8 Å². The van der Waals surface area contributed by atoms with E-state index >= 15 is 0 Å². The lowest BCUT2D eigenvalue weighted by atomic mass is 10.1. The summed E-state index contributed by atoms with van der Waals surface area (Å²) in [5, 5.41) is 9.07. The first-order chi connectivity index (χ1) is 11.8. The molecule has 0 bridgehead atoms. The molecule has 10 heteroatoms. The highest BCUT2D eigenvalue weighted by molar-refractivity contribution is 5.94. The van der Waals surface area contributed by atoms with E-state index in [1.165, 1.54) is 6.07 Å². The second-order valence-electron chi connectivity index (χ2n) is 6.55. The molecule has 0 unspecified atom stereocenters. The molecule has 4 N–H and O–H groups in total. The van der Waals surface area contributed by atoms with Crippen LogP contribution in [0.25, 0.3) is 0 Å². The standard InChI is InChI=1S/C16H21F3N4O3/c1-9(24)21-10-5-6-12(11(7-10)16(17,18)19)22-14(26)20-8-13(25)23-15(2,3)4/h5-7H,8H2,1-4H3,(H,21,24)(H,23,25)(H2,20,22,26). The molecule has 1 aromatic rings. The Kier molecular flexibility index (Phi) is 6.60. The SMILES string of the molecule is CC(=O)Nc1ccc(NC(=O)NCC(=O)NC(C)(C)C)c(C(F)(F)F)c1. The monoisotopic (exact) mass is 374 g/mol. The van der Waals surface area contributed by atoms with E-state index < -0.39 is 47.4 Å². The molecule has 0 spiro atoms. The molecule has 4 amide bonds. The number of carbonyl (C=O) groups excluding carboxylic acids is 3. The summed E-state index contributed by atoms with van der Waals surface area (Å²) in [5.74, 6) is -1.01. The molecular weight excluding hydrogens is 353 g/mol. The van der Waals surface area contributed by atoms with Gasteiger partial charge in [0.15, 0.2) is 0 Å². The van der Waals surface area contributed by atoms with E-state index in [1.807, 2.05) is 0 Å². The number of rotatable bonds is 4. The third kappa shape index (κ3) is 7.41. The molecule has 0 saturated carbocycles. The van der Waals surface area contributed by atoms with Crippen LogP contribution in [0, 0.1) is 0 Å². The van der Waals surface area contributed by atoms with Gasteiger partial charge in [0.25, 0.3) is 0 Å². The fourth-order valence-corrected chi connectivity index (χ4v) is 1.96. The van der Waals surface area contributed by atoms with E-state index in [4.69, 9.17) is 0 Å². The Morgan fingerprint density at radius 2 is 1.65 bits per heavy atom. The summed E-state index contributed by atoms with van der Waals surface area (Å²) in [4.78, 5) is 34.4. The van der Waals surface area contributed by atoms with Gasteiger partial charge in [0.1, 0.15) is 0 Å². The predicted molar refractivity (Wildman–Crippen MR) is 90.7 cm³/mol. The molecule has 0 heterocycles. The Hall–Kier alpha value is -2.78. The molecule has 0 aliphatic rings. The Balaban J connectivity index is 2.83. The van der Waals surface area contributed by atoms with Crippen molar-refractivity contribution in [3.8, 4) is 0 Å². The van der Waals surface area contributed by atoms with Gasteiger partial charge in [0, 0.05) is 18.2 Å². The Labute approximate surface area is 148 Å². The number of benzene rings is 1. The Morgan fingerprint density at radius 1 is 1.04 bits per heavy atom. The lowest BCUT2D eigenvalue weighted by Gasteiger charge is -2.20. The van der Waals surface area contributed by atoms with Crippen LogP contribution in [0.1, 0.15) is 33.3 Å². The molecule has 144 valence electrons. The zero-order valence-corrected chi connectivity index (χ0v) is 14.8. The number of halogens is 3. The summed E-state index contributed by atoms with van der Waals surface area (Å²) < 4.78 is 39.5. The first-order valence-electron chi connectivity index (χ1n) is 7.62. The smallest absolute Gasteiger partial charge is 0.350 e. The largest absolute Gasteiger partial charge is 0.418 e. The Morgan fingerprint density at radius 3 is 2.15 bits per heavy atom. The van der Waals surface area contributed by atoms with Crippen LogP contribution in [-0.2, 0) is 15.8 Å². The minimum absolute atomic E-state index is 0.0552. The molecule has 26 heavy (non-hydrogen) atoms. The zero-order chi connectivity index (χ0) is 20.1. The van der Waals surface area contributed by atoms with Crippen LogP contribution in [0.4, 0.5) is 29.3 Å². The highest BCUT2D eigenvalue weighted by Crippen LogP contribution is 2.36. The minimum Gasteiger partial charge on any atom is -0.350 e. The number of nitrogens with one attached hydrogen (secondary N) is 4. The molecule has 0 aliphatic heterocycles. The highest BCUT2D eigenvalue weighted by atomic mass is 19.4. The van der Waals surface area contributed by atoms with Gasteiger partial charge in [-0.1, -0.05) is 0 Å². The van der Waals surface area contributed by atoms with Gasteiger partial charge < -0.3 is 21.3 Å². The van der Waals surface area contributed by atoms with E-state index in [0.717, 1.165) is 13.0 Å². The molecular formula is C16H21F3N4O3. The van der Waals surface area contributed by atoms with Crippen molar-refractivity contribution < 1.29 is 27.6 Å². The van der Waals surface area contributed by atoms with Gasteiger partial charge >= 0.3 is 12.2 Å². The maximum atomic E-state index is 13.2. The first kappa shape index (κ1) is 21.3. The second-order valence-corrected chi connectivity index (χ2v) is 6.55. The van der Waals surface area contributed by atoms with E-state index in [0.29, 0.717) is 6.07 Å². The number of urea groups is 1. The van der Waals surface area contributed by atoms with E-state index in [-0.39, 0.29) is 5.69 Å². The fraction of sp³-hybridized carbons (Fsp3) is 0.438. The number of carbonyl (C=O) groups is 3. The van der Waals surface area contributed by atoms with Crippen LogP contribution in [0.5, 0.6) is 0 Å². The van der Waals surface area contributed by atoms with Crippen LogP contribution in [0.3, 0.4) is 0 Å². The van der Waals surface area contributed by atoms with E-state index in [2.05, 4.69) is 21.3 Å². The maximum absolute atomic E-state index is 13.2. The van der Waals surface area contributed by atoms with Gasteiger partial charge in [-0.2, -0.15) is 13.2 Å². The average molecular weight is 374 g/mol. The first-order valence-corrected chi connectivity index (χ1v) is 7.62. The van der Waals surface area contributed by atoms with Crippen molar-refractivity contribution in [1.29, 1.82) is 0 Å². The second kappa shape index (κ2) is 8.07. The molecule has 0 fully saturated rings. The highest BCUT2D eigenvalue weighted by Gasteiger charge is 2.34. The van der Waals surface area contributed by atoms with Crippen LogP contribution >= 0.6 is 0 Å². The van der Waals surface area contributed by atoms with Crippen molar-refractivity contribution in [2.75, 3.05) is 17.2 Å². The van der Waals surface area contributed by atoms with Crippen molar-refractivity contribution in [2.24, 2.45) is 0 Å². The lowest BCUT2D eigenvalue weighted by Crippen LogP contribution is -2.46. The normalized spacial score (nSPS) is 11.5. The number of hydrogen-bond donors (Lipinski definition) is 4. The number of anilines is 2. The zero-order valence-electron chi connectivity index (χ0n) is 14.8. The quantitative estimate of drug-likeness (QED) is 0.652. The van der Waals surface area contributed by atoms with Crippen molar-refractivity contribution in [2.45, 2.75) is 39.4 Å². The van der Waals surface area contributed by atoms with Crippen molar-refractivity contribution in [1.82, 2.24) is 10.6 Å². The summed E-state index contributed by atoms with van der Waals surface area (Å²) in [6, 6.07) is 1.98. The van der Waals surface area contributed by atoms with Crippen molar-refractivity contribution in [3.63, 3.8) is 0 Å². The van der Waals surface area contributed by atoms with Gasteiger partial charge in [-0.3, -0.25) is 9.59 Å². The average Bonchev–Trinajstić information content (AvgIpc) is 2.43. The third-order valence-corrected chi connectivity index (χ3v) is 2.82. The van der Waals surface area contributed by atoms with Gasteiger partial charge in [-0.15, -0.1) is 0 Å². The molecule has 1 rings (SSSR count). The van der Waals surface area contributed by atoms with Crippen molar-refractivity contribution >= 4 is 29.2 Å². The van der Waals surface area contributed by atoms with Gasteiger partial charge in [0.05, 0.1) is 17.8 Å². The van der Waals surface area contributed by atoms with E-state index in [9.17, 15) is 27.6 Å². The van der Waals surface area contributed by atoms with Crippen LogP contribution in [0.15, 0.2) is 18.2 Å². The van der Waals surface area contributed by atoms with Crippen LogP contribution in [-0.4, -0.2) is 29.9 Å². The third-order valence-electron chi connectivity index (χ3n) is 2.82. The summed E-state index contributed by atoms with van der Waals surface area (Å²) >= 11 is 0. The van der Waals surface area contributed by atoms with Gasteiger partial charge in [-0.05, 0) is 39.0 Å².